The van der Waals surface area contributed by atoms with Crippen molar-refractivity contribution in [1.82, 2.24) is 5.43 Å². The molecule has 11 nitrogen and oxygen atoms in total. The monoisotopic (exact) mass is 603 g/mol. The average Bonchev–Trinajstić information content (AvgIpc) is 2.87. The Bertz CT molecular complexity index is 1480. The molecule has 1 N–H and O–H groups in total. The molecule has 3 rings (SSSR count). The minimum Gasteiger partial charge on any atom is -0.497 e. The first-order valence-electron chi connectivity index (χ1n) is 11.1. The lowest BCUT2D eigenvalue weighted by Gasteiger charge is -2.24. The van der Waals surface area contributed by atoms with Gasteiger partial charge in [0.1, 0.15) is 12.3 Å². The number of nitro groups is 1. The second-order valence-electron chi connectivity index (χ2n) is 8.31. The van der Waals surface area contributed by atoms with Gasteiger partial charge in [0.15, 0.2) is 0 Å². The highest BCUT2D eigenvalue weighted by Gasteiger charge is 2.29. The van der Waals surface area contributed by atoms with E-state index in [-0.39, 0.29) is 16.3 Å². The third-order valence-corrected chi connectivity index (χ3v) is 7.87. The van der Waals surface area contributed by atoms with Crippen LogP contribution in [0.1, 0.15) is 11.1 Å². The smallest absolute Gasteiger partial charge is 0.273 e. The van der Waals surface area contributed by atoms with Gasteiger partial charge >= 0.3 is 0 Å². The Hall–Kier alpha value is -3.97. The number of halogens is 1. The molecule has 0 aliphatic rings. The van der Waals surface area contributed by atoms with Crippen molar-refractivity contribution in [2.24, 2.45) is 5.10 Å². The van der Waals surface area contributed by atoms with Gasteiger partial charge in [0.05, 0.1) is 34.5 Å². The van der Waals surface area contributed by atoms with E-state index < -0.39 is 27.4 Å². The summed E-state index contributed by atoms with van der Waals surface area (Å²) in [4.78, 5) is 25.1. The van der Waals surface area contributed by atoms with Crippen LogP contribution in [-0.4, -0.2) is 53.2 Å². The molecule has 13 heteroatoms. The Balaban J connectivity index is 1.89. The fourth-order valence-electron chi connectivity index (χ4n) is 3.45. The summed E-state index contributed by atoms with van der Waals surface area (Å²) >= 11 is 3.48. The van der Waals surface area contributed by atoms with Crippen LogP contribution in [0.5, 0.6) is 5.75 Å². The maximum Gasteiger partial charge on any atom is 0.273 e. The molecule has 0 heterocycles. The number of ether oxygens (including phenoxy) is 1. The van der Waals surface area contributed by atoms with Gasteiger partial charge in [-0.15, -0.1) is 0 Å². The van der Waals surface area contributed by atoms with E-state index >= 15 is 0 Å². The zero-order chi connectivity index (χ0) is 28.0. The molecule has 1 amide bonds. The van der Waals surface area contributed by atoms with Crippen molar-refractivity contribution in [3.05, 3.63) is 86.4 Å². The minimum absolute atomic E-state index is 0.163. The van der Waals surface area contributed by atoms with E-state index in [0.29, 0.717) is 16.9 Å². The average molecular weight is 604 g/mol. The van der Waals surface area contributed by atoms with Crippen molar-refractivity contribution in [1.29, 1.82) is 0 Å². The molecule has 200 valence electrons. The number of benzene rings is 3. The van der Waals surface area contributed by atoms with E-state index in [1.807, 2.05) is 37.2 Å². The molecule has 0 spiro atoms. The van der Waals surface area contributed by atoms with Gasteiger partial charge in [-0.05, 0) is 70.9 Å². The lowest BCUT2D eigenvalue weighted by molar-refractivity contribution is -0.385. The molecule has 3 aromatic rings. The molecule has 0 atom stereocenters. The Morgan fingerprint density at radius 2 is 1.82 bits per heavy atom. The SMILES string of the molecule is COc1ccc(N(CC(=O)N/N=C\c2ccc(N(C)C)c(Br)c2)S(=O)(=O)c2ccc(C)c([N+](=O)[O-])c2)cc1. The van der Waals surface area contributed by atoms with E-state index in [1.165, 1.54) is 44.5 Å². The molecule has 0 aliphatic carbocycles. The quantitative estimate of drug-likeness (QED) is 0.209. The third-order valence-electron chi connectivity index (χ3n) is 5.47. The third kappa shape index (κ3) is 6.66. The fraction of sp³-hybridized carbons (Fsp3) is 0.200. The lowest BCUT2D eigenvalue weighted by atomic mass is 10.2. The van der Waals surface area contributed by atoms with Crippen LogP contribution in [0.15, 0.2) is 75.1 Å². The van der Waals surface area contributed by atoms with Gasteiger partial charge in [0.2, 0.25) is 0 Å². The molecule has 0 radical (unpaired) electrons. The molecular weight excluding hydrogens is 578 g/mol. The molecule has 38 heavy (non-hydrogen) atoms. The highest BCUT2D eigenvalue weighted by atomic mass is 79.9. The van der Waals surface area contributed by atoms with E-state index in [0.717, 1.165) is 20.5 Å². The summed E-state index contributed by atoms with van der Waals surface area (Å²) in [6, 6.07) is 15.1. The molecule has 0 aromatic heterocycles. The number of carbonyl (C=O) groups excluding carboxylic acids is 1. The Morgan fingerprint density at radius 1 is 1.13 bits per heavy atom. The molecular formula is C25H26BrN5O6S. The second kappa shape index (κ2) is 12.0. The van der Waals surface area contributed by atoms with E-state index in [1.54, 1.807) is 12.1 Å². The summed E-state index contributed by atoms with van der Waals surface area (Å²) in [5.74, 6) is -0.233. The second-order valence-corrected chi connectivity index (χ2v) is 11.0. The fourth-order valence-corrected chi connectivity index (χ4v) is 5.64. The normalized spacial score (nSPS) is 11.3. The number of hydrogen-bond donors (Lipinski definition) is 1. The summed E-state index contributed by atoms with van der Waals surface area (Å²) in [6.45, 7) is 0.880. The lowest BCUT2D eigenvalue weighted by Crippen LogP contribution is -2.39. The zero-order valence-electron chi connectivity index (χ0n) is 21.1. The van der Waals surface area contributed by atoms with Gasteiger partial charge in [0, 0.05) is 30.2 Å². The maximum absolute atomic E-state index is 13.6. The van der Waals surface area contributed by atoms with Gasteiger partial charge in [-0.2, -0.15) is 5.10 Å². The molecule has 0 saturated heterocycles. The Labute approximate surface area is 229 Å². The summed E-state index contributed by atoms with van der Waals surface area (Å²) in [6.07, 6.45) is 1.43. The standard InChI is InChI=1S/C25H26BrN5O6S/c1-17-5-11-21(14-24(17)31(33)34)38(35,36)30(19-7-9-20(37-4)10-8-19)16-25(32)28-27-15-18-6-12-23(29(2)3)22(26)13-18/h5-15H,16H2,1-4H3,(H,28,32)/b27-15-. The number of amides is 1. The van der Waals surface area contributed by atoms with Crippen LogP contribution in [0.3, 0.4) is 0 Å². The van der Waals surface area contributed by atoms with E-state index in [9.17, 15) is 23.3 Å². The summed E-state index contributed by atoms with van der Waals surface area (Å²) < 4.78 is 34.0. The minimum atomic E-state index is -4.37. The molecule has 0 saturated carbocycles. The van der Waals surface area contributed by atoms with E-state index in [4.69, 9.17) is 4.74 Å². The van der Waals surface area contributed by atoms with Crippen LogP contribution in [0.2, 0.25) is 0 Å². The number of carbonyl (C=O) groups is 1. The number of sulfonamides is 1. The predicted molar refractivity (Wildman–Crippen MR) is 150 cm³/mol. The number of nitrogens with zero attached hydrogens (tertiary/aromatic N) is 4. The summed E-state index contributed by atoms with van der Waals surface area (Å²) in [5.41, 5.74) is 4.13. The highest BCUT2D eigenvalue weighted by molar-refractivity contribution is 9.10. The summed E-state index contributed by atoms with van der Waals surface area (Å²) in [5, 5.41) is 15.3. The van der Waals surface area contributed by atoms with Crippen molar-refractivity contribution < 1.29 is 22.9 Å². The van der Waals surface area contributed by atoms with Crippen molar-refractivity contribution in [3.63, 3.8) is 0 Å². The van der Waals surface area contributed by atoms with Gasteiger partial charge in [0.25, 0.3) is 21.6 Å². The maximum atomic E-state index is 13.6. The molecule has 0 fully saturated rings. The number of methoxy groups -OCH3 is 1. The van der Waals surface area contributed by atoms with E-state index in [2.05, 4.69) is 26.5 Å². The number of nitrogens with one attached hydrogen (secondary N) is 1. The van der Waals surface area contributed by atoms with Gasteiger partial charge in [-0.25, -0.2) is 13.8 Å². The molecule has 0 aliphatic heterocycles. The highest BCUT2D eigenvalue weighted by Crippen LogP contribution is 2.29. The molecule has 0 bridgehead atoms. The first-order valence-corrected chi connectivity index (χ1v) is 13.4. The van der Waals surface area contributed by atoms with Crippen LogP contribution < -0.4 is 19.4 Å². The number of hydrazone groups is 1. The Morgan fingerprint density at radius 3 is 2.39 bits per heavy atom. The largest absolute Gasteiger partial charge is 0.497 e. The number of anilines is 2. The van der Waals surface area contributed by atoms with Crippen LogP contribution in [0, 0.1) is 17.0 Å². The van der Waals surface area contributed by atoms with Crippen LogP contribution in [0.25, 0.3) is 0 Å². The molecule has 0 unspecified atom stereocenters. The number of rotatable bonds is 10. The van der Waals surface area contributed by atoms with Crippen molar-refractivity contribution >= 4 is 55.1 Å². The van der Waals surface area contributed by atoms with Crippen molar-refractivity contribution in [2.75, 3.05) is 37.0 Å². The first kappa shape index (κ1) is 28.6. The van der Waals surface area contributed by atoms with Gasteiger partial charge in [-0.3, -0.25) is 19.2 Å². The number of nitro benzene ring substituents is 1. The Kier molecular flexibility index (Phi) is 9.07. The topological polar surface area (TPSA) is 134 Å². The molecule has 3 aromatic carbocycles. The van der Waals surface area contributed by atoms with Crippen molar-refractivity contribution in [2.45, 2.75) is 11.8 Å². The van der Waals surface area contributed by atoms with Gasteiger partial charge in [-0.1, -0.05) is 12.1 Å². The van der Waals surface area contributed by atoms with Crippen LogP contribution in [0.4, 0.5) is 17.1 Å². The van der Waals surface area contributed by atoms with Gasteiger partial charge < -0.3 is 9.64 Å². The van der Waals surface area contributed by atoms with Crippen LogP contribution in [-0.2, 0) is 14.8 Å². The van der Waals surface area contributed by atoms with Crippen molar-refractivity contribution in [3.8, 4) is 5.75 Å². The first-order chi connectivity index (χ1) is 17.9. The zero-order valence-corrected chi connectivity index (χ0v) is 23.5. The number of aryl methyl sites for hydroxylation is 1. The predicted octanol–water partition coefficient (Wildman–Crippen LogP) is 4.09. The summed E-state index contributed by atoms with van der Waals surface area (Å²) in [7, 11) is 0.909. The number of hydrogen-bond acceptors (Lipinski definition) is 8. The van der Waals surface area contributed by atoms with Crippen LogP contribution >= 0.6 is 15.9 Å².